The number of hydrogen-bond acceptors (Lipinski definition) is 7. The SMILES string of the molecule is O=C(CNc1cccc(-c2nnnn2C2CC2)c1)N(C1CCCCC1)C1CCS(=O)(=O)C1. The van der Waals surface area contributed by atoms with E-state index in [0.717, 1.165) is 55.6 Å². The number of hydrogen-bond donors (Lipinski definition) is 1. The molecule has 3 fully saturated rings. The number of carbonyl (C=O) groups is 1. The summed E-state index contributed by atoms with van der Waals surface area (Å²) in [6.45, 7) is 0.143. The van der Waals surface area contributed by atoms with Crippen LogP contribution in [0, 0.1) is 0 Å². The molecule has 1 aromatic heterocycles. The molecule has 1 aromatic carbocycles. The molecule has 1 unspecified atom stereocenters. The van der Waals surface area contributed by atoms with Gasteiger partial charge in [0.2, 0.25) is 5.91 Å². The van der Waals surface area contributed by atoms with Gasteiger partial charge in [-0.1, -0.05) is 31.4 Å². The zero-order valence-corrected chi connectivity index (χ0v) is 19.0. The van der Waals surface area contributed by atoms with E-state index in [1.165, 1.54) is 6.42 Å². The van der Waals surface area contributed by atoms with Crippen molar-refractivity contribution >= 4 is 21.4 Å². The molecule has 32 heavy (non-hydrogen) atoms. The molecule has 1 amide bonds. The number of anilines is 1. The maximum atomic E-state index is 13.3. The third-order valence-electron chi connectivity index (χ3n) is 6.81. The van der Waals surface area contributed by atoms with Gasteiger partial charge in [-0.25, -0.2) is 13.1 Å². The van der Waals surface area contributed by atoms with E-state index in [0.29, 0.717) is 12.5 Å². The van der Waals surface area contributed by atoms with Gasteiger partial charge in [0.1, 0.15) is 0 Å². The number of tetrazole rings is 1. The fourth-order valence-electron chi connectivity index (χ4n) is 5.05. The minimum Gasteiger partial charge on any atom is -0.376 e. The van der Waals surface area contributed by atoms with Gasteiger partial charge in [0.15, 0.2) is 15.7 Å². The summed E-state index contributed by atoms with van der Waals surface area (Å²) in [5, 5.41) is 15.4. The summed E-state index contributed by atoms with van der Waals surface area (Å²) in [7, 11) is -3.05. The Labute approximate surface area is 188 Å². The van der Waals surface area contributed by atoms with E-state index in [1.807, 2.05) is 33.8 Å². The molecule has 1 N–H and O–H groups in total. The fourth-order valence-corrected chi connectivity index (χ4v) is 6.76. The highest BCUT2D eigenvalue weighted by Crippen LogP contribution is 2.37. The van der Waals surface area contributed by atoms with Gasteiger partial charge in [-0.2, -0.15) is 0 Å². The van der Waals surface area contributed by atoms with Crippen LogP contribution in [-0.4, -0.2) is 69.6 Å². The van der Waals surface area contributed by atoms with Gasteiger partial charge in [-0.15, -0.1) is 5.10 Å². The first-order valence-corrected chi connectivity index (χ1v) is 13.5. The van der Waals surface area contributed by atoms with E-state index in [9.17, 15) is 13.2 Å². The summed E-state index contributed by atoms with van der Waals surface area (Å²) < 4.78 is 26.0. The van der Waals surface area contributed by atoms with Crippen molar-refractivity contribution in [2.45, 2.75) is 69.5 Å². The number of benzene rings is 1. The highest BCUT2D eigenvalue weighted by Gasteiger charge is 2.38. The van der Waals surface area contributed by atoms with Crippen molar-refractivity contribution in [1.29, 1.82) is 0 Å². The van der Waals surface area contributed by atoms with Crippen molar-refractivity contribution in [3.8, 4) is 11.4 Å². The molecular formula is C22H30N6O3S. The van der Waals surface area contributed by atoms with Crippen LogP contribution in [0.4, 0.5) is 5.69 Å². The number of nitrogens with one attached hydrogen (secondary N) is 1. The molecule has 0 spiro atoms. The summed E-state index contributed by atoms with van der Waals surface area (Å²) in [6, 6.07) is 8.10. The zero-order chi connectivity index (χ0) is 22.1. The largest absolute Gasteiger partial charge is 0.376 e. The second kappa shape index (κ2) is 8.80. The Kier molecular flexibility index (Phi) is 5.88. The number of amides is 1. The first-order chi connectivity index (χ1) is 15.5. The summed E-state index contributed by atoms with van der Waals surface area (Å²) in [4.78, 5) is 15.2. The Morgan fingerprint density at radius 3 is 2.62 bits per heavy atom. The molecule has 5 rings (SSSR count). The summed E-state index contributed by atoms with van der Waals surface area (Å²) in [5.41, 5.74) is 1.73. The highest BCUT2D eigenvalue weighted by atomic mass is 32.2. The van der Waals surface area contributed by atoms with Crippen LogP contribution < -0.4 is 5.32 Å². The second-order valence-corrected chi connectivity index (χ2v) is 11.5. The minimum absolute atomic E-state index is 0.0211. The van der Waals surface area contributed by atoms with E-state index >= 15 is 0 Å². The van der Waals surface area contributed by atoms with Crippen LogP contribution in [0.15, 0.2) is 24.3 Å². The van der Waals surface area contributed by atoms with Crippen molar-refractivity contribution in [2.75, 3.05) is 23.4 Å². The van der Waals surface area contributed by atoms with Crippen LogP contribution in [0.5, 0.6) is 0 Å². The van der Waals surface area contributed by atoms with E-state index in [-0.39, 0.29) is 36.0 Å². The van der Waals surface area contributed by atoms with E-state index in [4.69, 9.17) is 0 Å². The lowest BCUT2D eigenvalue weighted by molar-refractivity contribution is -0.134. The first kappa shape index (κ1) is 21.4. The van der Waals surface area contributed by atoms with Crippen LogP contribution in [-0.2, 0) is 14.6 Å². The maximum Gasteiger partial charge on any atom is 0.242 e. The van der Waals surface area contributed by atoms with E-state index in [2.05, 4.69) is 20.8 Å². The normalized spacial score (nSPS) is 23.2. The molecule has 1 saturated heterocycles. The van der Waals surface area contributed by atoms with Gasteiger partial charge in [-0.3, -0.25) is 4.79 Å². The van der Waals surface area contributed by atoms with Gasteiger partial charge in [0.05, 0.1) is 24.1 Å². The predicted molar refractivity (Wildman–Crippen MR) is 121 cm³/mol. The van der Waals surface area contributed by atoms with Crippen LogP contribution >= 0.6 is 0 Å². The summed E-state index contributed by atoms with van der Waals surface area (Å²) >= 11 is 0. The van der Waals surface area contributed by atoms with Crippen LogP contribution in [0.1, 0.15) is 57.4 Å². The quantitative estimate of drug-likeness (QED) is 0.678. The topological polar surface area (TPSA) is 110 Å². The number of carbonyl (C=O) groups excluding carboxylic acids is 1. The standard InChI is InChI=1S/C22H30N6O3S/c29-21(27(18-7-2-1-3-8-18)20-11-12-32(30,31)15-20)14-23-17-6-4-5-16(13-17)22-24-25-26-28(22)19-9-10-19/h4-6,13,18-20,23H,1-3,7-12,14-15H2. The van der Waals surface area contributed by atoms with Crippen molar-refractivity contribution in [3.05, 3.63) is 24.3 Å². The van der Waals surface area contributed by atoms with Gasteiger partial charge in [-0.05, 0) is 54.7 Å². The Hall–Kier alpha value is -2.49. The molecule has 9 nitrogen and oxygen atoms in total. The molecule has 3 aliphatic rings. The third kappa shape index (κ3) is 4.65. The molecule has 10 heteroatoms. The molecule has 2 aliphatic carbocycles. The summed E-state index contributed by atoms with van der Waals surface area (Å²) in [6.07, 6.45) is 8.04. The molecular weight excluding hydrogens is 428 g/mol. The van der Waals surface area contributed by atoms with Crippen molar-refractivity contribution in [3.63, 3.8) is 0 Å². The number of rotatable bonds is 7. The Morgan fingerprint density at radius 2 is 1.91 bits per heavy atom. The minimum atomic E-state index is -3.05. The first-order valence-electron chi connectivity index (χ1n) is 11.6. The zero-order valence-electron chi connectivity index (χ0n) is 18.2. The molecule has 2 saturated carbocycles. The molecule has 172 valence electrons. The van der Waals surface area contributed by atoms with Crippen LogP contribution in [0.2, 0.25) is 0 Å². The average molecular weight is 459 g/mol. The van der Waals surface area contributed by atoms with E-state index < -0.39 is 9.84 Å². The van der Waals surface area contributed by atoms with Crippen molar-refractivity contribution in [1.82, 2.24) is 25.1 Å². The molecule has 1 atom stereocenters. The Morgan fingerprint density at radius 1 is 1.09 bits per heavy atom. The smallest absolute Gasteiger partial charge is 0.242 e. The summed E-state index contributed by atoms with van der Waals surface area (Å²) in [5.74, 6) is 0.989. The maximum absolute atomic E-state index is 13.3. The van der Waals surface area contributed by atoms with Crippen LogP contribution in [0.3, 0.4) is 0 Å². The van der Waals surface area contributed by atoms with Crippen molar-refractivity contribution in [2.24, 2.45) is 0 Å². The molecule has 2 heterocycles. The Bertz CT molecular complexity index is 1070. The average Bonchev–Trinajstić information content (AvgIpc) is 3.41. The van der Waals surface area contributed by atoms with Crippen LogP contribution in [0.25, 0.3) is 11.4 Å². The highest BCUT2D eigenvalue weighted by molar-refractivity contribution is 7.91. The number of aromatic nitrogens is 4. The molecule has 0 bridgehead atoms. The van der Waals surface area contributed by atoms with Crippen molar-refractivity contribution < 1.29 is 13.2 Å². The second-order valence-electron chi connectivity index (χ2n) is 9.26. The molecule has 2 aromatic rings. The number of sulfone groups is 1. The third-order valence-corrected chi connectivity index (χ3v) is 8.56. The van der Waals surface area contributed by atoms with Gasteiger partial charge >= 0.3 is 0 Å². The number of nitrogens with zero attached hydrogens (tertiary/aromatic N) is 5. The van der Waals surface area contributed by atoms with Gasteiger partial charge < -0.3 is 10.2 Å². The molecule has 1 aliphatic heterocycles. The molecule has 0 radical (unpaired) electrons. The van der Waals surface area contributed by atoms with Gasteiger partial charge in [0, 0.05) is 23.3 Å². The lowest BCUT2D eigenvalue weighted by atomic mass is 9.93. The lowest BCUT2D eigenvalue weighted by Crippen LogP contribution is -2.50. The van der Waals surface area contributed by atoms with E-state index in [1.54, 1.807) is 0 Å². The lowest BCUT2D eigenvalue weighted by Gasteiger charge is -2.38. The monoisotopic (exact) mass is 458 g/mol. The Balaban J connectivity index is 1.29. The fraction of sp³-hybridized carbons (Fsp3) is 0.636. The predicted octanol–water partition coefficient (Wildman–Crippen LogP) is 2.44. The van der Waals surface area contributed by atoms with Gasteiger partial charge in [0.25, 0.3) is 0 Å².